The van der Waals surface area contributed by atoms with Gasteiger partial charge in [-0.3, -0.25) is 0 Å². The Bertz CT molecular complexity index is 516. The first-order valence-corrected chi connectivity index (χ1v) is 9.00. The van der Waals surface area contributed by atoms with Gasteiger partial charge >= 0.3 is 0 Å². The Morgan fingerprint density at radius 2 is 1.96 bits per heavy atom. The summed E-state index contributed by atoms with van der Waals surface area (Å²) in [4.78, 5) is 4.97. The van der Waals surface area contributed by atoms with Crippen molar-refractivity contribution in [3.63, 3.8) is 0 Å². The monoisotopic (exact) mass is 320 g/mol. The Balaban J connectivity index is 1.49. The van der Waals surface area contributed by atoms with Gasteiger partial charge in [0.1, 0.15) is 5.82 Å². The SMILES string of the molecule is Cc1cc(F)ccc1C(O)CN1CCC(CN2CCCCC2)C1. The predicted molar refractivity (Wildman–Crippen MR) is 90.9 cm³/mol. The molecule has 4 heteroatoms. The number of hydrogen-bond acceptors (Lipinski definition) is 3. The highest BCUT2D eigenvalue weighted by Gasteiger charge is 2.26. The minimum absolute atomic E-state index is 0.235. The summed E-state index contributed by atoms with van der Waals surface area (Å²) in [6.07, 6.45) is 4.78. The first kappa shape index (κ1) is 16.9. The average molecular weight is 320 g/mol. The van der Waals surface area contributed by atoms with Gasteiger partial charge in [-0.2, -0.15) is 0 Å². The summed E-state index contributed by atoms with van der Waals surface area (Å²) in [6, 6.07) is 4.66. The highest BCUT2D eigenvalue weighted by molar-refractivity contribution is 5.28. The Labute approximate surface area is 139 Å². The van der Waals surface area contributed by atoms with Crippen LogP contribution in [0.5, 0.6) is 0 Å². The predicted octanol–water partition coefficient (Wildman–Crippen LogP) is 2.98. The number of β-amino-alcohol motifs (C(OH)–C–C–N with tert-alkyl or cyclic N) is 1. The van der Waals surface area contributed by atoms with Crippen LogP contribution in [0.3, 0.4) is 0 Å². The van der Waals surface area contributed by atoms with Gasteiger partial charge in [-0.15, -0.1) is 0 Å². The molecule has 0 bridgehead atoms. The quantitative estimate of drug-likeness (QED) is 0.903. The highest BCUT2D eigenvalue weighted by atomic mass is 19.1. The van der Waals surface area contributed by atoms with Crippen LogP contribution in [-0.4, -0.2) is 54.2 Å². The summed E-state index contributed by atoms with van der Waals surface area (Å²) < 4.78 is 13.2. The van der Waals surface area contributed by atoms with Crippen molar-refractivity contribution in [2.75, 3.05) is 39.3 Å². The zero-order valence-electron chi connectivity index (χ0n) is 14.2. The van der Waals surface area contributed by atoms with Crippen molar-refractivity contribution < 1.29 is 9.50 Å². The molecular weight excluding hydrogens is 291 g/mol. The summed E-state index contributed by atoms with van der Waals surface area (Å²) in [7, 11) is 0. The molecule has 3 nitrogen and oxygen atoms in total. The third-order valence-electron chi connectivity index (χ3n) is 5.36. The van der Waals surface area contributed by atoms with Crippen LogP contribution in [0.15, 0.2) is 18.2 Å². The molecule has 3 rings (SSSR count). The topological polar surface area (TPSA) is 26.7 Å². The van der Waals surface area contributed by atoms with E-state index in [2.05, 4.69) is 9.80 Å². The van der Waals surface area contributed by atoms with E-state index in [1.807, 2.05) is 6.92 Å². The largest absolute Gasteiger partial charge is 0.387 e. The lowest BCUT2D eigenvalue weighted by atomic mass is 10.0. The molecular formula is C19H29FN2O. The normalized spacial score (nSPS) is 24.9. The van der Waals surface area contributed by atoms with Crippen molar-refractivity contribution in [1.29, 1.82) is 0 Å². The van der Waals surface area contributed by atoms with E-state index in [0.717, 1.165) is 30.1 Å². The standard InChI is InChI=1S/C19H29FN2O/c1-15-11-17(20)5-6-18(15)19(23)14-22-10-7-16(13-22)12-21-8-3-2-4-9-21/h5-6,11,16,19,23H,2-4,7-10,12-14H2,1H3. The number of aliphatic hydroxyl groups excluding tert-OH is 1. The van der Waals surface area contributed by atoms with Crippen molar-refractivity contribution in [1.82, 2.24) is 9.80 Å². The van der Waals surface area contributed by atoms with Gasteiger partial charge in [-0.1, -0.05) is 12.5 Å². The first-order valence-electron chi connectivity index (χ1n) is 9.00. The molecule has 0 aliphatic carbocycles. The van der Waals surface area contributed by atoms with E-state index in [-0.39, 0.29) is 5.82 Å². The Hall–Kier alpha value is -0.970. The van der Waals surface area contributed by atoms with Crippen molar-refractivity contribution in [2.45, 2.75) is 38.7 Å². The number of piperidine rings is 1. The van der Waals surface area contributed by atoms with Crippen molar-refractivity contribution >= 4 is 0 Å². The van der Waals surface area contributed by atoms with E-state index >= 15 is 0 Å². The van der Waals surface area contributed by atoms with Crippen molar-refractivity contribution in [3.8, 4) is 0 Å². The van der Waals surface area contributed by atoms with Gasteiger partial charge in [-0.05, 0) is 75.0 Å². The Morgan fingerprint density at radius 3 is 2.70 bits per heavy atom. The maximum atomic E-state index is 13.2. The summed E-state index contributed by atoms with van der Waals surface area (Å²) in [5.74, 6) is 0.496. The fraction of sp³-hybridized carbons (Fsp3) is 0.684. The van der Waals surface area contributed by atoms with Crippen LogP contribution in [0.1, 0.15) is 42.9 Å². The van der Waals surface area contributed by atoms with Crippen LogP contribution in [0.4, 0.5) is 4.39 Å². The van der Waals surface area contributed by atoms with Crippen molar-refractivity contribution in [2.24, 2.45) is 5.92 Å². The van der Waals surface area contributed by atoms with E-state index in [1.165, 1.54) is 57.5 Å². The zero-order chi connectivity index (χ0) is 16.2. The molecule has 1 aromatic rings. The van der Waals surface area contributed by atoms with Crippen LogP contribution in [0.2, 0.25) is 0 Å². The van der Waals surface area contributed by atoms with Gasteiger partial charge in [0.2, 0.25) is 0 Å². The second-order valence-corrected chi connectivity index (χ2v) is 7.29. The molecule has 128 valence electrons. The third kappa shape index (κ3) is 4.52. The number of aryl methyl sites for hydroxylation is 1. The zero-order valence-corrected chi connectivity index (χ0v) is 14.2. The van der Waals surface area contributed by atoms with Gasteiger partial charge in [0.05, 0.1) is 6.10 Å². The maximum absolute atomic E-state index is 13.2. The van der Waals surface area contributed by atoms with Gasteiger partial charge in [-0.25, -0.2) is 4.39 Å². The van der Waals surface area contributed by atoms with Crippen LogP contribution < -0.4 is 0 Å². The van der Waals surface area contributed by atoms with Crippen LogP contribution in [0.25, 0.3) is 0 Å². The van der Waals surface area contributed by atoms with E-state index in [4.69, 9.17) is 0 Å². The minimum Gasteiger partial charge on any atom is -0.387 e. The molecule has 1 N–H and O–H groups in total. The average Bonchev–Trinajstić information content (AvgIpc) is 2.95. The number of halogens is 1. The molecule has 0 spiro atoms. The third-order valence-corrected chi connectivity index (χ3v) is 5.36. The van der Waals surface area contributed by atoms with E-state index < -0.39 is 6.10 Å². The second kappa shape index (κ2) is 7.73. The molecule has 2 aliphatic rings. The molecule has 0 radical (unpaired) electrons. The molecule has 2 unspecified atom stereocenters. The smallest absolute Gasteiger partial charge is 0.123 e. The molecule has 23 heavy (non-hydrogen) atoms. The number of likely N-dealkylation sites (tertiary alicyclic amines) is 2. The number of nitrogens with zero attached hydrogens (tertiary/aromatic N) is 2. The summed E-state index contributed by atoms with van der Waals surface area (Å²) in [5, 5.41) is 10.5. The summed E-state index contributed by atoms with van der Waals surface area (Å²) in [5.41, 5.74) is 1.69. The van der Waals surface area contributed by atoms with Gasteiger partial charge in [0.15, 0.2) is 0 Å². The van der Waals surface area contributed by atoms with E-state index in [0.29, 0.717) is 6.54 Å². The van der Waals surface area contributed by atoms with Crippen LogP contribution in [0, 0.1) is 18.7 Å². The first-order chi connectivity index (χ1) is 11.1. The van der Waals surface area contributed by atoms with Crippen LogP contribution >= 0.6 is 0 Å². The fourth-order valence-electron chi connectivity index (χ4n) is 4.09. The van der Waals surface area contributed by atoms with Gasteiger partial charge < -0.3 is 14.9 Å². The fourth-order valence-corrected chi connectivity index (χ4v) is 4.09. The molecule has 2 heterocycles. The molecule has 0 saturated carbocycles. The Morgan fingerprint density at radius 1 is 1.17 bits per heavy atom. The minimum atomic E-state index is -0.524. The molecule has 0 amide bonds. The molecule has 2 aliphatic heterocycles. The molecule has 2 fully saturated rings. The van der Waals surface area contributed by atoms with Crippen LogP contribution in [-0.2, 0) is 0 Å². The lowest BCUT2D eigenvalue weighted by molar-refractivity contribution is 0.120. The van der Waals surface area contributed by atoms with E-state index in [9.17, 15) is 9.50 Å². The number of aliphatic hydroxyl groups is 1. The molecule has 1 aromatic carbocycles. The lowest BCUT2D eigenvalue weighted by Crippen LogP contribution is -2.35. The summed E-state index contributed by atoms with van der Waals surface area (Å²) >= 11 is 0. The number of hydrogen-bond donors (Lipinski definition) is 1. The number of benzene rings is 1. The molecule has 2 atom stereocenters. The van der Waals surface area contributed by atoms with Crippen molar-refractivity contribution in [3.05, 3.63) is 35.1 Å². The lowest BCUT2D eigenvalue weighted by Gasteiger charge is -2.29. The van der Waals surface area contributed by atoms with Gasteiger partial charge in [0.25, 0.3) is 0 Å². The summed E-state index contributed by atoms with van der Waals surface area (Å²) in [6.45, 7) is 8.39. The van der Waals surface area contributed by atoms with Gasteiger partial charge in [0, 0.05) is 19.6 Å². The molecule has 2 saturated heterocycles. The Kier molecular flexibility index (Phi) is 5.67. The maximum Gasteiger partial charge on any atom is 0.123 e. The van der Waals surface area contributed by atoms with E-state index in [1.54, 1.807) is 6.07 Å². The second-order valence-electron chi connectivity index (χ2n) is 7.29. The molecule has 0 aromatic heterocycles. The highest BCUT2D eigenvalue weighted by Crippen LogP contribution is 2.24. The number of rotatable bonds is 5.